The van der Waals surface area contributed by atoms with Gasteiger partial charge in [-0.25, -0.2) is 4.98 Å². The zero-order valence-electron chi connectivity index (χ0n) is 8.13. The summed E-state index contributed by atoms with van der Waals surface area (Å²) in [6.07, 6.45) is 3.65. The van der Waals surface area contributed by atoms with Crippen molar-refractivity contribution in [2.75, 3.05) is 7.05 Å². The van der Waals surface area contributed by atoms with Gasteiger partial charge in [0.15, 0.2) is 0 Å². The first-order chi connectivity index (χ1) is 6.74. The van der Waals surface area contributed by atoms with Crippen LogP contribution in [0.5, 0.6) is 0 Å². The summed E-state index contributed by atoms with van der Waals surface area (Å²) in [6, 6.07) is 2.16. The number of halogens is 1. The van der Waals surface area contributed by atoms with E-state index in [4.69, 9.17) is 11.6 Å². The number of H-pyrrole nitrogens is 1. The smallest absolute Gasteiger partial charge is 0.138 e. The summed E-state index contributed by atoms with van der Waals surface area (Å²) >= 11 is 6.26. The number of nitrogens with one attached hydrogen (secondary N) is 2. The zero-order valence-corrected chi connectivity index (χ0v) is 8.89. The van der Waals surface area contributed by atoms with Crippen LogP contribution in [0.15, 0.2) is 18.5 Å². The third-order valence-electron chi connectivity index (χ3n) is 2.45. The van der Waals surface area contributed by atoms with Gasteiger partial charge in [0.2, 0.25) is 0 Å². The number of aromatic nitrogens is 2. The molecular weight excluding hydrogens is 198 g/mol. The van der Waals surface area contributed by atoms with E-state index in [-0.39, 0.29) is 6.04 Å². The van der Waals surface area contributed by atoms with E-state index in [0.29, 0.717) is 0 Å². The fraction of sp³-hybridized carbons (Fsp3) is 0.300. The van der Waals surface area contributed by atoms with E-state index in [1.807, 2.05) is 25.5 Å². The molecule has 14 heavy (non-hydrogen) atoms. The summed E-state index contributed by atoms with van der Waals surface area (Å²) in [5, 5.41) is 4.90. The molecule has 0 saturated carbocycles. The second-order valence-corrected chi connectivity index (χ2v) is 3.66. The van der Waals surface area contributed by atoms with Crippen LogP contribution in [0, 0.1) is 0 Å². The number of aromatic amines is 1. The van der Waals surface area contributed by atoms with Gasteiger partial charge < -0.3 is 10.3 Å². The maximum absolute atomic E-state index is 6.26. The summed E-state index contributed by atoms with van der Waals surface area (Å²) in [7, 11) is 1.91. The van der Waals surface area contributed by atoms with Crippen LogP contribution in [0.4, 0.5) is 0 Å². The van der Waals surface area contributed by atoms with Gasteiger partial charge in [0, 0.05) is 29.4 Å². The molecule has 1 atom stereocenters. The number of hydrogen-bond acceptors (Lipinski definition) is 2. The molecule has 2 heterocycles. The molecule has 2 aromatic rings. The lowest BCUT2D eigenvalue weighted by Gasteiger charge is -2.12. The Balaban J connectivity index is 2.61. The van der Waals surface area contributed by atoms with Crippen molar-refractivity contribution in [3.63, 3.8) is 0 Å². The number of pyridine rings is 1. The summed E-state index contributed by atoms with van der Waals surface area (Å²) in [5.74, 6) is 0. The molecule has 2 N–H and O–H groups in total. The number of nitrogens with zero attached hydrogens (tertiary/aromatic N) is 1. The van der Waals surface area contributed by atoms with Crippen LogP contribution in [0.2, 0.25) is 5.02 Å². The molecular formula is C10H12ClN3. The van der Waals surface area contributed by atoms with Crippen molar-refractivity contribution in [3.8, 4) is 0 Å². The highest BCUT2D eigenvalue weighted by Gasteiger charge is 2.11. The van der Waals surface area contributed by atoms with Gasteiger partial charge in [-0.1, -0.05) is 11.6 Å². The largest absolute Gasteiger partial charge is 0.346 e. The second kappa shape index (κ2) is 3.59. The monoisotopic (exact) mass is 209 g/mol. The predicted molar refractivity (Wildman–Crippen MR) is 58.6 cm³/mol. The van der Waals surface area contributed by atoms with Crippen molar-refractivity contribution in [3.05, 3.63) is 29.0 Å². The average molecular weight is 210 g/mol. The van der Waals surface area contributed by atoms with Crippen LogP contribution >= 0.6 is 11.6 Å². The number of hydrogen-bond donors (Lipinski definition) is 2. The molecule has 0 spiro atoms. The molecule has 0 amide bonds. The molecule has 74 valence electrons. The topological polar surface area (TPSA) is 40.7 Å². The Bertz CT molecular complexity index is 450. The van der Waals surface area contributed by atoms with Gasteiger partial charge >= 0.3 is 0 Å². The zero-order chi connectivity index (χ0) is 10.1. The summed E-state index contributed by atoms with van der Waals surface area (Å²) < 4.78 is 0. The van der Waals surface area contributed by atoms with Crippen molar-refractivity contribution < 1.29 is 0 Å². The van der Waals surface area contributed by atoms with Gasteiger partial charge in [0.25, 0.3) is 0 Å². The lowest BCUT2D eigenvalue weighted by molar-refractivity contribution is 0.651. The Morgan fingerprint density at radius 1 is 1.57 bits per heavy atom. The van der Waals surface area contributed by atoms with Crippen molar-refractivity contribution in [1.82, 2.24) is 15.3 Å². The molecule has 2 rings (SSSR count). The van der Waals surface area contributed by atoms with Crippen molar-refractivity contribution in [1.29, 1.82) is 0 Å². The first-order valence-electron chi connectivity index (χ1n) is 4.52. The lowest BCUT2D eigenvalue weighted by Crippen LogP contribution is -2.13. The molecule has 1 unspecified atom stereocenters. The van der Waals surface area contributed by atoms with Crippen molar-refractivity contribution in [2.24, 2.45) is 0 Å². The molecule has 0 radical (unpaired) electrons. The molecule has 2 aromatic heterocycles. The second-order valence-electron chi connectivity index (χ2n) is 3.28. The van der Waals surface area contributed by atoms with E-state index < -0.39 is 0 Å². The predicted octanol–water partition coefficient (Wildman–Crippen LogP) is 2.50. The van der Waals surface area contributed by atoms with Crippen molar-refractivity contribution >= 4 is 22.6 Å². The maximum Gasteiger partial charge on any atom is 0.138 e. The van der Waals surface area contributed by atoms with Crippen LogP contribution < -0.4 is 5.32 Å². The highest BCUT2D eigenvalue weighted by Crippen LogP contribution is 2.28. The Labute approximate surface area is 87.5 Å². The summed E-state index contributed by atoms with van der Waals surface area (Å²) in [6.45, 7) is 2.06. The van der Waals surface area contributed by atoms with Crippen LogP contribution in [0.25, 0.3) is 11.0 Å². The molecule has 3 nitrogen and oxygen atoms in total. The van der Waals surface area contributed by atoms with E-state index in [1.54, 1.807) is 0 Å². The maximum atomic E-state index is 6.26. The Morgan fingerprint density at radius 3 is 3.07 bits per heavy atom. The van der Waals surface area contributed by atoms with Gasteiger partial charge in [-0.15, -0.1) is 0 Å². The Hall–Kier alpha value is -1.06. The van der Waals surface area contributed by atoms with Gasteiger partial charge in [-0.2, -0.15) is 0 Å². The van der Waals surface area contributed by atoms with Crippen molar-refractivity contribution in [2.45, 2.75) is 13.0 Å². The van der Waals surface area contributed by atoms with Crippen LogP contribution in [-0.4, -0.2) is 17.0 Å². The highest BCUT2D eigenvalue weighted by molar-refractivity contribution is 6.36. The van der Waals surface area contributed by atoms with Gasteiger partial charge in [0.1, 0.15) is 5.65 Å². The van der Waals surface area contributed by atoms with E-state index in [1.165, 1.54) is 0 Å². The number of fused-ring (bicyclic) bond motifs is 1. The molecule has 0 aromatic carbocycles. The van der Waals surface area contributed by atoms with Gasteiger partial charge in [-0.3, -0.25) is 0 Å². The SMILES string of the molecule is CNC(C)c1cnc2[nH]ccc2c1Cl. The minimum atomic E-state index is 0.217. The first-order valence-corrected chi connectivity index (χ1v) is 4.90. The van der Waals surface area contributed by atoms with Crippen LogP contribution in [-0.2, 0) is 0 Å². The molecule has 4 heteroatoms. The van der Waals surface area contributed by atoms with E-state index in [0.717, 1.165) is 21.6 Å². The Kier molecular flexibility index (Phi) is 2.44. The third-order valence-corrected chi connectivity index (χ3v) is 2.87. The van der Waals surface area contributed by atoms with Crippen LogP contribution in [0.1, 0.15) is 18.5 Å². The average Bonchev–Trinajstić information content (AvgIpc) is 2.66. The fourth-order valence-corrected chi connectivity index (χ4v) is 1.81. The molecule has 0 aliphatic carbocycles. The normalized spacial score (nSPS) is 13.4. The molecule has 0 bridgehead atoms. The summed E-state index contributed by atoms with van der Waals surface area (Å²) in [4.78, 5) is 7.32. The molecule has 0 fully saturated rings. The van der Waals surface area contributed by atoms with Gasteiger partial charge in [-0.05, 0) is 20.0 Å². The van der Waals surface area contributed by atoms with E-state index in [9.17, 15) is 0 Å². The summed E-state index contributed by atoms with van der Waals surface area (Å²) in [5.41, 5.74) is 1.86. The van der Waals surface area contributed by atoms with Crippen LogP contribution in [0.3, 0.4) is 0 Å². The lowest BCUT2D eigenvalue weighted by atomic mass is 10.1. The molecule has 0 aliphatic heterocycles. The van der Waals surface area contributed by atoms with Gasteiger partial charge in [0.05, 0.1) is 5.02 Å². The number of rotatable bonds is 2. The van der Waals surface area contributed by atoms with E-state index >= 15 is 0 Å². The third kappa shape index (κ3) is 1.38. The highest BCUT2D eigenvalue weighted by atomic mass is 35.5. The molecule has 0 saturated heterocycles. The standard InChI is InChI=1S/C10H12ClN3/c1-6(12-2)8-5-14-10-7(9(8)11)3-4-13-10/h3-6,12H,1-2H3,(H,13,14). The van der Waals surface area contributed by atoms with E-state index in [2.05, 4.69) is 22.2 Å². The first kappa shape index (κ1) is 9.49. The Morgan fingerprint density at radius 2 is 2.36 bits per heavy atom. The fourth-order valence-electron chi connectivity index (χ4n) is 1.45. The molecule has 0 aliphatic rings. The minimum absolute atomic E-state index is 0.217. The minimum Gasteiger partial charge on any atom is -0.346 e. The quantitative estimate of drug-likeness (QED) is 0.798.